The van der Waals surface area contributed by atoms with Gasteiger partial charge in [-0.1, -0.05) is 12.8 Å². The highest BCUT2D eigenvalue weighted by Gasteiger charge is 2.49. The standard InChI is InChI=1S/C19H26N2O4.ClH/c1-24-17(22)9-11-25-16-7-5-15(6-8-16)21-18(23)19-10-3-2-4-14(19)12-20-13-19;/h5-8,14,20H,2-4,9-13H2,1H3,(H,21,23);1H/t14-,19+;/m0./s1. The predicted molar refractivity (Wildman–Crippen MR) is 102 cm³/mol. The third-order valence-electron chi connectivity index (χ3n) is 5.41. The molecule has 1 heterocycles. The third-order valence-corrected chi connectivity index (χ3v) is 5.41. The van der Waals surface area contributed by atoms with Gasteiger partial charge in [0.05, 0.1) is 25.6 Å². The van der Waals surface area contributed by atoms with Gasteiger partial charge >= 0.3 is 5.97 Å². The molecular weight excluding hydrogens is 356 g/mol. The van der Waals surface area contributed by atoms with Crippen molar-refractivity contribution in [2.75, 3.05) is 32.1 Å². The second kappa shape index (κ2) is 9.24. The van der Waals surface area contributed by atoms with E-state index in [0.717, 1.165) is 38.0 Å². The smallest absolute Gasteiger partial charge is 0.308 e. The first-order valence-electron chi connectivity index (χ1n) is 8.96. The van der Waals surface area contributed by atoms with Crippen LogP contribution in [0.2, 0.25) is 0 Å². The van der Waals surface area contributed by atoms with E-state index in [1.807, 2.05) is 12.1 Å². The number of carbonyl (C=O) groups is 2. The van der Waals surface area contributed by atoms with Crippen LogP contribution in [0.25, 0.3) is 0 Å². The Morgan fingerprint density at radius 3 is 2.77 bits per heavy atom. The van der Waals surface area contributed by atoms with E-state index in [1.54, 1.807) is 12.1 Å². The minimum atomic E-state index is -0.296. The van der Waals surface area contributed by atoms with Crippen LogP contribution in [0.1, 0.15) is 32.1 Å². The lowest BCUT2D eigenvalue weighted by molar-refractivity contribution is -0.141. The number of hydrogen-bond acceptors (Lipinski definition) is 5. The third kappa shape index (κ3) is 4.48. The number of ether oxygens (including phenoxy) is 2. The normalized spacial score (nSPS) is 24.1. The van der Waals surface area contributed by atoms with Crippen molar-refractivity contribution in [3.05, 3.63) is 24.3 Å². The van der Waals surface area contributed by atoms with E-state index in [0.29, 0.717) is 11.7 Å². The Kier molecular flexibility index (Phi) is 7.29. The highest BCUT2D eigenvalue weighted by atomic mass is 35.5. The summed E-state index contributed by atoms with van der Waals surface area (Å²) in [5.41, 5.74) is 0.518. The molecule has 3 rings (SSSR count). The van der Waals surface area contributed by atoms with E-state index >= 15 is 0 Å². The van der Waals surface area contributed by atoms with Crippen molar-refractivity contribution in [2.24, 2.45) is 11.3 Å². The summed E-state index contributed by atoms with van der Waals surface area (Å²) in [7, 11) is 1.36. The molecular formula is C19H27ClN2O4. The SMILES string of the molecule is COC(=O)CCOc1ccc(NC(=O)[C@@]23CCCC[C@H]2CNC3)cc1.Cl. The minimum absolute atomic E-state index is 0. The molecule has 2 fully saturated rings. The Balaban J connectivity index is 0.00000243. The van der Waals surface area contributed by atoms with E-state index in [4.69, 9.17) is 4.74 Å². The zero-order valence-corrected chi connectivity index (χ0v) is 15.9. The maximum absolute atomic E-state index is 12.9. The largest absolute Gasteiger partial charge is 0.493 e. The number of benzene rings is 1. The molecule has 0 spiro atoms. The average molecular weight is 383 g/mol. The van der Waals surface area contributed by atoms with Crippen LogP contribution < -0.4 is 15.4 Å². The quantitative estimate of drug-likeness (QED) is 0.740. The molecule has 1 aliphatic carbocycles. The van der Waals surface area contributed by atoms with Crippen LogP contribution in [0.5, 0.6) is 5.75 Å². The Hall–Kier alpha value is -1.79. The first-order valence-corrected chi connectivity index (χ1v) is 8.96. The monoisotopic (exact) mass is 382 g/mol. The second-order valence-electron chi connectivity index (χ2n) is 6.88. The van der Waals surface area contributed by atoms with Crippen LogP contribution in [0, 0.1) is 11.3 Å². The maximum atomic E-state index is 12.9. The van der Waals surface area contributed by atoms with Crippen LogP contribution in [0.3, 0.4) is 0 Å². The number of nitrogens with one attached hydrogen (secondary N) is 2. The topological polar surface area (TPSA) is 76.7 Å². The molecule has 7 heteroatoms. The summed E-state index contributed by atoms with van der Waals surface area (Å²) in [6.07, 6.45) is 4.65. The lowest BCUT2D eigenvalue weighted by Crippen LogP contribution is -2.44. The van der Waals surface area contributed by atoms with Crippen LogP contribution >= 0.6 is 12.4 Å². The minimum Gasteiger partial charge on any atom is -0.493 e. The number of halogens is 1. The highest BCUT2D eigenvalue weighted by molar-refractivity contribution is 5.96. The highest BCUT2D eigenvalue weighted by Crippen LogP contribution is 2.44. The van der Waals surface area contributed by atoms with Gasteiger partial charge < -0.3 is 20.1 Å². The van der Waals surface area contributed by atoms with Crippen molar-refractivity contribution in [1.82, 2.24) is 5.32 Å². The van der Waals surface area contributed by atoms with Crippen molar-refractivity contribution in [2.45, 2.75) is 32.1 Å². The molecule has 144 valence electrons. The summed E-state index contributed by atoms with van der Waals surface area (Å²) in [4.78, 5) is 24.0. The van der Waals surface area contributed by atoms with Gasteiger partial charge in [0.25, 0.3) is 0 Å². The number of fused-ring (bicyclic) bond motifs is 1. The van der Waals surface area contributed by atoms with Gasteiger partial charge in [-0.25, -0.2) is 0 Å². The molecule has 6 nitrogen and oxygen atoms in total. The summed E-state index contributed by atoms with van der Waals surface area (Å²) in [5.74, 6) is 0.942. The molecule has 1 aromatic rings. The maximum Gasteiger partial charge on any atom is 0.308 e. The van der Waals surface area contributed by atoms with E-state index in [9.17, 15) is 9.59 Å². The van der Waals surface area contributed by atoms with Crippen LogP contribution in [0.4, 0.5) is 5.69 Å². The molecule has 1 saturated heterocycles. The molecule has 0 bridgehead atoms. The van der Waals surface area contributed by atoms with Crippen LogP contribution in [-0.4, -0.2) is 38.7 Å². The number of rotatable bonds is 6. The average Bonchev–Trinajstić information content (AvgIpc) is 3.08. The Bertz CT molecular complexity index is 622. The van der Waals surface area contributed by atoms with Gasteiger partial charge in [-0.05, 0) is 49.6 Å². The molecule has 1 aliphatic heterocycles. The fourth-order valence-electron chi connectivity index (χ4n) is 3.93. The fraction of sp³-hybridized carbons (Fsp3) is 0.579. The first kappa shape index (κ1) is 20.5. The van der Waals surface area contributed by atoms with Crippen LogP contribution in [0.15, 0.2) is 24.3 Å². The Morgan fingerprint density at radius 1 is 1.27 bits per heavy atom. The molecule has 1 aromatic carbocycles. The van der Waals surface area contributed by atoms with Gasteiger partial charge in [0, 0.05) is 12.2 Å². The van der Waals surface area contributed by atoms with E-state index in [-0.39, 0.29) is 42.7 Å². The number of carbonyl (C=O) groups excluding carboxylic acids is 2. The summed E-state index contributed by atoms with van der Waals surface area (Å²) in [6.45, 7) is 1.99. The van der Waals surface area contributed by atoms with Gasteiger partial charge in [0.15, 0.2) is 0 Å². The number of amides is 1. The van der Waals surface area contributed by atoms with Gasteiger partial charge in [0.1, 0.15) is 5.75 Å². The molecule has 2 N–H and O–H groups in total. The molecule has 2 atom stereocenters. The van der Waals surface area contributed by atoms with E-state index in [1.165, 1.54) is 13.5 Å². The molecule has 0 aromatic heterocycles. The summed E-state index contributed by atoms with van der Waals surface area (Å²) < 4.78 is 10.1. The van der Waals surface area contributed by atoms with E-state index < -0.39 is 0 Å². The predicted octanol–water partition coefficient (Wildman–Crippen LogP) is 2.77. The lowest BCUT2D eigenvalue weighted by Gasteiger charge is -2.37. The zero-order chi connectivity index (χ0) is 17.7. The second-order valence-corrected chi connectivity index (χ2v) is 6.88. The summed E-state index contributed by atoms with van der Waals surface area (Å²) >= 11 is 0. The molecule has 0 unspecified atom stereocenters. The zero-order valence-electron chi connectivity index (χ0n) is 15.1. The van der Waals surface area contributed by atoms with Crippen molar-refractivity contribution >= 4 is 30.0 Å². The van der Waals surface area contributed by atoms with Gasteiger partial charge in [-0.15, -0.1) is 12.4 Å². The molecule has 1 saturated carbocycles. The molecule has 26 heavy (non-hydrogen) atoms. The van der Waals surface area contributed by atoms with Gasteiger partial charge in [0.2, 0.25) is 5.91 Å². The Morgan fingerprint density at radius 2 is 2.04 bits per heavy atom. The molecule has 2 aliphatic rings. The molecule has 0 radical (unpaired) electrons. The first-order chi connectivity index (χ1) is 12.1. The fourth-order valence-corrected chi connectivity index (χ4v) is 3.93. The van der Waals surface area contributed by atoms with Crippen molar-refractivity contribution in [3.8, 4) is 5.75 Å². The summed E-state index contributed by atoms with van der Waals surface area (Å²) in [6, 6.07) is 7.27. The van der Waals surface area contributed by atoms with Crippen LogP contribution in [-0.2, 0) is 14.3 Å². The number of methoxy groups -OCH3 is 1. The number of hydrogen-bond donors (Lipinski definition) is 2. The Labute approximate surface area is 160 Å². The van der Waals surface area contributed by atoms with Gasteiger partial charge in [-0.2, -0.15) is 0 Å². The molecule has 1 amide bonds. The summed E-state index contributed by atoms with van der Waals surface area (Å²) in [5, 5.41) is 6.48. The van der Waals surface area contributed by atoms with Gasteiger partial charge in [-0.3, -0.25) is 9.59 Å². The van der Waals surface area contributed by atoms with Crippen molar-refractivity contribution in [3.63, 3.8) is 0 Å². The van der Waals surface area contributed by atoms with E-state index in [2.05, 4.69) is 15.4 Å². The lowest BCUT2D eigenvalue weighted by atomic mass is 9.67. The van der Waals surface area contributed by atoms with Crippen molar-refractivity contribution in [1.29, 1.82) is 0 Å². The number of anilines is 1. The number of esters is 1. The van der Waals surface area contributed by atoms with Crippen molar-refractivity contribution < 1.29 is 19.1 Å².